The second kappa shape index (κ2) is 17.9. The minimum Gasteiger partial charge on any atom is -0.469 e. The highest BCUT2D eigenvalue weighted by Crippen LogP contribution is 2.11. The number of terminal acetylenes is 1. The molecular formula is C21H33NO10. The fourth-order valence-electron chi connectivity index (χ4n) is 2.35. The molecule has 0 fully saturated rings. The zero-order chi connectivity index (χ0) is 24.2. The maximum atomic E-state index is 12.4. The summed E-state index contributed by atoms with van der Waals surface area (Å²) in [7, 11) is 3.80. The molecule has 0 saturated carbocycles. The lowest BCUT2D eigenvalue weighted by atomic mass is 10.0. The number of esters is 3. The first-order valence-corrected chi connectivity index (χ1v) is 10.0. The highest BCUT2D eigenvalue weighted by atomic mass is 16.5. The van der Waals surface area contributed by atoms with Gasteiger partial charge in [-0.25, -0.2) is 0 Å². The van der Waals surface area contributed by atoms with E-state index in [1.165, 1.54) is 21.3 Å². The molecule has 11 nitrogen and oxygen atoms in total. The molecule has 0 spiro atoms. The standard InChI is InChI=1S/C21H33NO10/c1-5-6-7-17(23)22-21(14-30-11-8-18(24)27-2,15-31-12-9-19(25)28-3)16-32-13-10-20(26)29-4/h1H,6-16H2,2-4H3,(H,22,23). The summed E-state index contributed by atoms with van der Waals surface area (Å²) in [4.78, 5) is 46.3. The molecule has 1 N–H and O–H groups in total. The smallest absolute Gasteiger partial charge is 0.307 e. The molecule has 0 heterocycles. The monoisotopic (exact) mass is 459 g/mol. The summed E-state index contributed by atoms with van der Waals surface area (Å²) in [5.74, 6) is 0.694. The number of carbonyl (C=O) groups is 4. The molecule has 0 aliphatic rings. The number of carbonyl (C=O) groups excluding carboxylic acids is 4. The van der Waals surface area contributed by atoms with Gasteiger partial charge in [0.2, 0.25) is 5.91 Å². The van der Waals surface area contributed by atoms with Gasteiger partial charge in [0.1, 0.15) is 5.54 Å². The maximum Gasteiger partial charge on any atom is 0.307 e. The molecule has 0 aromatic carbocycles. The molecule has 0 bridgehead atoms. The summed E-state index contributed by atoms with van der Waals surface area (Å²) >= 11 is 0. The van der Waals surface area contributed by atoms with E-state index < -0.39 is 23.4 Å². The van der Waals surface area contributed by atoms with Gasteiger partial charge < -0.3 is 33.7 Å². The van der Waals surface area contributed by atoms with Gasteiger partial charge >= 0.3 is 17.9 Å². The Bertz CT molecular complexity index is 569. The molecule has 182 valence electrons. The predicted molar refractivity (Wildman–Crippen MR) is 111 cm³/mol. The van der Waals surface area contributed by atoms with Crippen molar-refractivity contribution in [2.45, 2.75) is 37.6 Å². The van der Waals surface area contributed by atoms with Crippen LogP contribution in [0.2, 0.25) is 0 Å². The largest absolute Gasteiger partial charge is 0.469 e. The van der Waals surface area contributed by atoms with Gasteiger partial charge in [-0.05, 0) is 0 Å². The van der Waals surface area contributed by atoms with Gasteiger partial charge in [0, 0.05) is 12.8 Å². The average Bonchev–Trinajstić information content (AvgIpc) is 2.80. The Morgan fingerprint density at radius 2 is 1.09 bits per heavy atom. The minimum atomic E-state index is -1.16. The highest BCUT2D eigenvalue weighted by Gasteiger charge is 2.34. The number of nitrogens with one attached hydrogen (secondary N) is 1. The third-order valence-corrected chi connectivity index (χ3v) is 4.07. The van der Waals surface area contributed by atoms with Gasteiger partial charge in [-0.15, -0.1) is 12.3 Å². The van der Waals surface area contributed by atoms with Crippen molar-refractivity contribution in [3.8, 4) is 12.3 Å². The van der Waals surface area contributed by atoms with Crippen LogP contribution in [0.15, 0.2) is 0 Å². The van der Waals surface area contributed by atoms with Crippen molar-refractivity contribution < 1.29 is 47.6 Å². The van der Waals surface area contributed by atoms with E-state index in [1.807, 2.05) is 0 Å². The van der Waals surface area contributed by atoms with Crippen LogP contribution in [0.4, 0.5) is 0 Å². The normalized spacial score (nSPS) is 10.7. The van der Waals surface area contributed by atoms with E-state index in [9.17, 15) is 19.2 Å². The lowest BCUT2D eigenvalue weighted by molar-refractivity contribution is -0.143. The number of ether oxygens (including phenoxy) is 6. The van der Waals surface area contributed by atoms with E-state index >= 15 is 0 Å². The fraction of sp³-hybridized carbons (Fsp3) is 0.714. The molecule has 0 saturated heterocycles. The highest BCUT2D eigenvalue weighted by molar-refractivity contribution is 5.77. The topological polar surface area (TPSA) is 136 Å². The summed E-state index contributed by atoms with van der Waals surface area (Å²) in [5, 5.41) is 2.81. The summed E-state index contributed by atoms with van der Waals surface area (Å²) in [5.41, 5.74) is -1.16. The molecule has 0 unspecified atom stereocenters. The molecule has 0 rings (SSSR count). The molecule has 0 aliphatic carbocycles. The molecule has 0 aliphatic heterocycles. The van der Waals surface area contributed by atoms with Crippen LogP contribution in [-0.4, -0.2) is 90.3 Å². The van der Waals surface area contributed by atoms with Crippen LogP contribution in [0.1, 0.15) is 32.1 Å². The van der Waals surface area contributed by atoms with Crippen LogP contribution < -0.4 is 5.32 Å². The first-order valence-electron chi connectivity index (χ1n) is 10.0. The van der Waals surface area contributed by atoms with Crippen LogP contribution in [0.3, 0.4) is 0 Å². The van der Waals surface area contributed by atoms with Gasteiger partial charge in [-0.1, -0.05) is 0 Å². The summed E-state index contributed by atoms with van der Waals surface area (Å²) in [6.07, 6.45) is 5.59. The van der Waals surface area contributed by atoms with Crippen molar-refractivity contribution in [3.05, 3.63) is 0 Å². The lowest BCUT2D eigenvalue weighted by Crippen LogP contribution is -2.58. The Hall–Kier alpha value is -2.68. The molecule has 11 heteroatoms. The SMILES string of the molecule is C#CCCC(=O)NC(COCCC(=O)OC)(COCCC(=O)OC)COCCC(=O)OC. The molecule has 0 radical (unpaired) electrons. The van der Waals surface area contributed by atoms with E-state index in [0.29, 0.717) is 0 Å². The summed E-state index contributed by atoms with van der Waals surface area (Å²) in [6.45, 7) is -0.0797. The Morgan fingerprint density at radius 1 is 0.719 bits per heavy atom. The Labute approximate surface area is 188 Å². The van der Waals surface area contributed by atoms with Crippen molar-refractivity contribution in [1.82, 2.24) is 5.32 Å². The van der Waals surface area contributed by atoms with Gasteiger partial charge in [-0.3, -0.25) is 19.2 Å². The third-order valence-electron chi connectivity index (χ3n) is 4.07. The zero-order valence-electron chi connectivity index (χ0n) is 18.9. The van der Waals surface area contributed by atoms with Crippen molar-refractivity contribution in [2.75, 3.05) is 61.0 Å². The first kappa shape index (κ1) is 29.3. The van der Waals surface area contributed by atoms with Gasteiger partial charge in [0.05, 0.1) is 80.2 Å². The third kappa shape index (κ3) is 14.3. The van der Waals surface area contributed by atoms with Gasteiger partial charge in [-0.2, -0.15) is 0 Å². The summed E-state index contributed by atoms with van der Waals surface area (Å²) < 4.78 is 30.4. The second-order valence-corrected chi connectivity index (χ2v) is 6.67. The van der Waals surface area contributed by atoms with Crippen LogP contribution >= 0.6 is 0 Å². The zero-order valence-corrected chi connectivity index (χ0v) is 18.9. The quantitative estimate of drug-likeness (QED) is 0.129. The Morgan fingerprint density at radius 3 is 1.41 bits per heavy atom. The maximum absolute atomic E-state index is 12.4. The molecule has 32 heavy (non-hydrogen) atoms. The predicted octanol–water partition coefficient (Wildman–Crippen LogP) is -0.00610. The number of hydrogen-bond acceptors (Lipinski definition) is 10. The van der Waals surface area contributed by atoms with E-state index in [1.54, 1.807) is 0 Å². The van der Waals surface area contributed by atoms with E-state index in [4.69, 9.17) is 20.6 Å². The lowest BCUT2D eigenvalue weighted by Gasteiger charge is -2.34. The van der Waals surface area contributed by atoms with Crippen LogP contribution in [0.5, 0.6) is 0 Å². The van der Waals surface area contributed by atoms with E-state index in [0.717, 1.165) is 0 Å². The first-order chi connectivity index (χ1) is 15.3. The summed E-state index contributed by atoms with van der Waals surface area (Å²) in [6, 6.07) is 0. The van der Waals surface area contributed by atoms with Crippen LogP contribution in [0, 0.1) is 12.3 Å². The molecule has 0 aromatic heterocycles. The number of methoxy groups -OCH3 is 3. The number of hydrogen-bond donors (Lipinski definition) is 1. The average molecular weight is 459 g/mol. The molecule has 0 atom stereocenters. The Kier molecular flexibility index (Phi) is 16.4. The Balaban J connectivity index is 5.20. The van der Waals surface area contributed by atoms with Gasteiger partial charge in [0.25, 0.3) is 0 Å². The van der Waals surface area contributed by atoms with Gasteiger partial charge in [0.15, 0.2) is 0 Å². The minimum absolute atomic E-state index is 0.0179. The number of rotatable bonds is 18. The van der Waals surface area contributed by atoms with Crippen LogP contribution in [0.25, 0.3) is 0 Å². The van der Waals surface area contributed by atoms with Crippen LogP contribution in [-0.2, 0) is 47.6 Å². The van der Waals surface area contributed by atoms with Crippen molar-refractivity contribution in [2.24, 2.45) is 0 Å². The van der Waals surface area contributed by atoms with Crippen molar-refractivity contribution in [3.63, 3.8) is 0 Å². The second-order valence-electron chi connectivity index (χ2n) is 6.67. The molecule has 0 aromatic rings. The van der Waals surface area contributed by atoms with E-state index in [2.05, 4.69) is 25.4 Å². The van der Waals surface area contributed by atoms with Crippen molar-refractivity contribution >= 4 is 23.8 Å². The molecular weight excluding hydrogens is 426 g/mol. The fourth-order valence-corrected chi connectivity index (χ4v) is 2.35. The number of amides is 1. The van der Waals surface area contributed by atoms with E-state index in [-0.39, 0.29) is 77.7 Å². The molecule has 1 amide bonds. The van der Waals surface area contributed by atoms with Crippen molar-refractivity contribution in [1.29, 1.82) is 0 Å².